The second-order valence-electron chi connectivity index (χ2n) is 30.7. The van der Waals surface area contributed by atoms with Gasteiger partial charge in [-0.1, -0.05) is 212 Å². The van der Waals surface area contributed by atoms with Gasteiger partial charge in [-0.15, -0.1) is 0 Å². The number of unbranched alkanes of at least 4 members (excludes halogenated alkanes) is 31. The number of carbonyl (C=O) groups is 5. The van der Waals surface area contributed by atoms with E-state index in [4.69, 9.17) is 37.9 Å². The zero-order valence-corrected chi connectivity index (χ0v) is 65.7. The van der Waals surface area contributed by atoms with Crippen LogP contribution in [0.1, 0.15) is 272 Å². The fraction of sp³-hybridized carbons (Fsp3) is 0.910. The van der Waals surface area contributed by atoms with E-state index in [1.165, 1.54) is 148 Å². The Labute approximate surface area is 649 Å². The van der Waals surface area contributed by atoms with E-state index in [9.17, 15) is 106 Å². The Morgan fingerprint density at radius 1 is 0.482 bits per heavy atom. The highest BCUT2D eigenvalue weighted by atomic mass is 16.8. The number of hydrogen-bond acceptors (Lipinski definition) is 27. The Morgan fingerprint density at radius 3 is 1.35 bits per heavy atom. The number of nitrogens with one attached hydrogen (secondary N) is 3. The molecule has 0 saturated carbocycles. The first-order chi connectivity index (χ1) is 52.7. The van der Waals surface area contributed by atoms with Crippen LogP contribution in [0.5, 0.6) is 0 Å². The molecular formula is C78H141N3O29. The molecule has 4 rings (SSSR count). The molecule has 2 unspecified atom stereocenters. The molecule has 3 amide bonds. The first kappa shape index (κ1) is 98.6. The van der Waals surface area contributed by atoms with Gasteiger partial charge in [0.15, 0.2) is 12.6 Å². The van der Waals surface area contributed by atoms with Crippen molar-refractivity contribution in [2.75, 3.05) is 33.0 Å². The van der Waals surface area contributed by atoms with E-state index < -0.39 is 216 Å². The van der Waals surface area contributed by atoms with E-state index in [1.54, 1.807) is 0 Å². The predicted molar refractivity (Wildman–Crippen MR) is 400 cm³/mol. The van der Waals surface area contributed by atoms with Gasteiger partial charge in [-0.05, 0) is 38.5 Å². The Bertz CT molecular complexity index is 2550. The molecule has 32 heteroatoms. The van der Waals surface area contributed by atoms with E-state index in [0.717, 1.165) is 71.6 Å². The second kappa shape index (κ2) is 54.2. The van der Waals surface area contributed by atoms with E-state index >= 15 is 0 Å². The van der Waals surface area contributed by atoms with Crippen LogP contribution in [-0.4, -0.2) is 290 Å². The van der Waals surface area contributed by atoms with Crippen LogP contribution in [0.3, 0.4) is 0 Å². The van der Waals surface area contributed by atoms with Crippen LogP contribution in [0, 0.1) is 0 Å². The van der Waals surface area contributed by atoms with E-state index in [1.807, 2.05) is 0 Å². The largest absolute Gasteiger partial charge is 0.477 e. The molecule has 0 bridgehead atoms. The first-order valence-electron chi connectivity index (χ1n) is 41.2. The molecule has 4 heterocycles. The van der Waals surface area contributed by atoms with Gasteiger partial charge >= 0.3 is 11.9 Å². The molecule has 4 aliphatic heterocycles. The number of ether oxygens (including phenoxy) is 8. The molecule has 110 heavy (non-hydrogen) atoms. The summed E-state index contributed by atoms with van der Waals surface area (Å²) >= 11 is 0. The molecule has 19 N–H and O–H groups in total. The lowest BCUT2D eigenvalue weighted by Gasteiger charge is -2.51. The van der Waals surface area contributed by atoms with Crippen molar-refractivity contribution in [1.82, 2.24) is 16.0 Å². The topological polar surface area (TPSA) is 519 Å². The van der Waals surface area contributed by atoms with Crippen molar-refractivity contribution in [3.63, 3.8) is 0 Å². The number of allylic oxidation sites excluding steroid dienone is 2. The fourth-order valence-corrected chi connectivity index (χ4v) is 14.9. The summed E-state index contributed by atoms with van der Waals surface area (Å²) in [5, 5.41) is 186. The summed E-state index contributed by atoms with van der Waals surface area (Å²) in [6, 6.07) is -4.64. The maximum Gasteiger partial charge on any atom is 0.364 e. The van der Waals surface area contributed by atoms with Crippen LogP contribution < -0.4 is 16.0 Å². The molecule has 0 radical (unpaired) electrons. The lowest BCUT2D eigenvalue weighted by atomic mass is 9.87. The maximum absolute atomic E-state index is 13.6. The third-order valence-corrected chi connectivity index (χ3v) is 21.5. The molecule has 642 valence electrons. The number of rotatable bonds is 60. The van der Waals surface area contributed by atoms with Gasteiger partial charge in [0.25, 0.3) is 11.6 Å². The highest BCUT2D eigenvalue weighted by Crippen LogP contribution is 2.41. The number of aliphatic carboxylic acids is 2. The molecule has 32 nitrogen and oxygen atoms in total. The normalized spacial score (nSPS) is 30.3. The van der Waals surface area contributed by atoms with Crippen molar-refractivity contribution >= 4 is 29.7 Å². The van der Waals surface area contributed by atoms with E-state index in [-0.39, 0.29) is 12.3 Å². The molecule has 4 aliphatic rings. The minimum absolute atomic E-state index is 0.176. The summed E-state index contributed by atoms with van der Waals surface area (Å²) in [6.45, 7) is 1.21. The van der Waals surface area contributed by atoms with Crippen molar-refractivity contribution in [2.45, 2.75) is 418 Å². The van der Waals surface area contributed by atoms with Crippen molar-refractivity contribution in [3.05, 3.63) is 12.2 Å². The number of carboxylic acids is 2. The van der Waals surface area contributed by atoms with E-state index in [2.05, 4.69) is 41.9 Å². The summed E-state index contributed by atoms with van der Waals surface area (Å²) in [5.41, 5.74) is 0. The van der Waals surface area contributed by atoms with Crippen LogP contribution in [0.2, 0.25) is 0 Å². The van der Waals surface area contributed by atoms with Crippen LogP contribution >= 0.6 is 0 Å². The van der Waals surface area contributed by atoms with Crippen LogP contribution in [0.25, 0.3) is 0 Å². The Balaban J connectivity index is 1.42. The molecule has 0 aliphatic carbocycles. The average Bonchev–Trinajstić information content (AvgIpc) is 0.752. The van der Waals surface area contributed by atoms with Gasteiger partial charge in [0.1, 0.15) is 85.5 Å². The SMILES string of the molecule is CCCCCCCCC=CCCCCCCCCCCCCCCCC(=O)N[C@@H](CO[C@@H]1O[C@H](CO)[C@@H](O[C@@H]2O[C@H](CO)[C@H](O)[C@H](O[C@]3(C(=O)O)C[C@H](O)[C@@H](NC(C)=O)C([C@H](O)[C@@H](CO)O[C@]4(C(=O)O)C[C@H](O)[C@@H](NC(C)=O)C([C@H](O)[C@H](O)CO)O4)O3)[C@H]2O)[C@H](O)[C@H]1O)[C@H](O)CCCCCCCCCCCCCCC. The molecule has 4 fully saturated rings. The lowest BCUT2D eigenvalue weighted by molar-refractivity contribution is -0.388. The molecular weight excluding hydrogens is 1440 g/mol. The third kappa shape index (κ3) is 33.1. The van der Waals surface area contributed by atoms with Crippen molar-refractivity contribution in [3.8, 4) is 0 Å². The van der Waals surface area contributed by atoms with Crippen LogP contribution in [0.4, 0.5) is 0 Å². The predicted octanol–water partition coefficient (Wildman–Crippen LogP) is 3.46. The molecule has 0 aromatic rings. The highest BCUT2D eigenvalue weighted by Gasteiger charge is 2.62. The Kier molecular flexibility index (Phi) is 48.6. The van der Waals surface area contributed by atoms with Crippen molar-refractivity contribution in [2.24, 2.45) is 0 Å². The number of hydrogen-bond donors (Lipinski definition) is 19. The van der Waals surface area contributed by atoms with E-state index in [0.29, 0.717) is 19.3 Å². The monoisotopic (exact) mass is 1580 g/mol. The smallest absolute Gasteiger partial charge is 0.364 e. The number of amides is 3. The van der Waals surface area contributed by atoms with Crippen molar-refractivity contribution < 1.29 is 144 Å². The standard InChI is InChI=1S/C78H141N3O29/c1-5-7-9-11-13-15-17-19-20-21-22-23-24-25-26-27-28-30-32-34-36-38-40-42-60(92)81-52(53(88)41-39-37-35-33-31-29-18-16-14-12-10-8-6-2)49-103-73-67(97)66(96)69(59(48-85)105-73)106-74-68(98)72(64(94)57(46-83)104-74)110-78(76(101)102)44-55(90)62(80-51(4)87)71(109-78)65(95)58(47-84)107-77(75(99)100)43-54(89)61(79-50(3)86)70(108-77)63(93)56(91)45-82/h19-20,52-59,61-74,82-85,88-91,93-98H,5-18,21-49H2,1-4H3,(H,79,86)(H,80,87)(H,81,92)(H,99,100)(H,101,102)/t52-,53+,54-,55-,56+,57+,58+,59+,61+,62+,63+,64-,65+,66+,67+,68+,69+,70?,71?,72-,73+,74-,77+,78-/m0/s1. The molecule has 0 spiro atoms. The summed E-state index contributed by atoms with van der Waals surface area (Å²) < 4.78 is 46.6. The summed E-state index contributed by atoms with van der Waals surface area (Å²) in [5.74, 6) is -13.1. The minimum Gasteiger partial charge on any atom is -0.477 e. The van der Waals surface area contributed by atoms with Gasteiger partial charge in [0.05, 0.1) is 69.5 Å². The zero-order chi connectivity index (χ0) is 81.2. The number of aliphatic hydroxyl groups is 14. The number of aliphatic hydroxyl groups excluding tert-OH is 14. The summed E-state index contributed by atoms with van der Waals surface area (Å²) in [7, 11) is 0. The zero-order valence-electron chi connectivity index (χ0n) is 65.7. The highest BCUT2D eigenvalue weighted by molar-refractivity contribution is 5.78. The van der Waals surface area contributed by atoms with Gasteiger partial charge < -0.3 is 136 Å². The first-order valence-corrected chi connectivity index (χ1v) is 41.2. The van der Waals surface area contributed by atoms with Gasteiger partial charge in [0, 0.05) is 33.1 Å². The molecule has 0 aromatic carbocycles. The van der Waals surface area contributed by atoms with Gasteiger partial charge in [-0.3, -0.25) is 14.4 Å². The Hall–Kier alpha value is -3.79. The third-order valence-electron chi connectivity index (χ3n) is 21.5. The molecule has 0 aromatic heterocycles. The molecule has 4 saturated heterocycles. The van der Waals surface area contributed by atoms with Gasteiger partial charge in [-0.2, -0.15) is 0 Å². The Morgan fingerprint density at radius 2 is 0.909 bits per heavy atom. The fourth-order valence-electron chi connectivity index (χ4n) is 14.9. The molecule has 24 atom stereocenters. The van der Waals surface area contributed by atoms with Gasteiger partial charge in [0.2, 0.25) is 17.7 Å². The second-order valence-corrected chi connectivity index (χ2v) is 30.7. The van der Waals surface area contributed by atoms with Crippen LogP contribution in [0.15, 0.2) is 12.2 Å². The maximum atomic E-state index is 13.6. The lowest BCUT2D eigenvalue weighted by Crippen LogP contribution is -2.72. The summed E-state index contributed by atoms with van der Waals surface area (Å²) in [6.07, 6.45) is 2.34. The summed E-state index contributed by atoms with van der Waals surface area (Å²) in [4.78, 5) is 65.2. The van der Waals surface area contributed by atoms with Gasteiger partial charge in [-0.25, -0.2) is 9.59 Å². The van der Waals surface area contributed by atoms with Crippen molar-refractivity contribution in [1.29, 1.82) is 0 Å². The number of carboxylic acid groups (broad SMARTS) is 2. The number of carbonyl (C=O) groups excluding carboxylic acids is 3. The minimum atomic E-state index is -3.39. The average molecular weight is 1580 g/mol. The van der Waals surface area contributed by atoms with Crippen LogP contribution in [-0.2, 0) is 61.9 Å². The quantitative estimate of drug-likeness (QED) is 0.0306.